The molecule has 0 aromatic carbocycles. The molecule has 0 aromatic rings. The van der Waals surface area contributed by atoms with Crippen LogP contribution in [0, 0.1) is 0 Å². The number of nitrogens with one attached hydrogen (secondary N) is 1. The van der Waals surface area contributed by atoms with Gasteiger partial charge in [0.1, 0.15) is 6.10 Å². The van der Waals surface area contributed by atoms with Gasteiger partial charge in [0.15, 0.2) is 0 Å². The van der Waals surface area contributed by atoms with Gasteiger partial charge in [0, 0.05) is 6.42 Å². The third-order valence-corrected chi connectivity index (χ3v) is 9.23. The molecule has 0 aliphatic carbocycles. The van der Waals surface area contributed by atoms with Gasteiger partial charge >= 0.3 is 5.97 Å². The monoisotopic (exact) mass is 678 g/mol. The quantitative estimate of drug-likeness (QED) is 0.0348. The number of hydrogen-bond donors (Lipinski definition) is 3. The average molecular weight is 678 g/mol. The zero-order valence-electron chi connectivity index (χ0n) is 31.9. The summed E-state index contributed by atoms with van der Waals surface area (Å²) in [7, 11) is 0. The Hall–Kier alpha value is -1.66. The summed E-state index contributed by atoms with van der Waals surface area (Å²) in [4.78, 5) is 25.8. The largest absolute Gasteiger partial charge is 0.462 e. The fourth-order valence-corrected chi connectivity index (χ4v) is 6.07. The van der Waals surface area contributed by atoms with Crippen LogP contribution in [0.2, 0.25) is 0 Å². The number of aliphatic hydroxyl groups is 2. The van der Waals surface area contributed by atoms with Gasteiger partial charge in [-0.1, -0.05) is 148 Å². The molecule has 0 aliphatic rings. The van der Waals surface area contributed by atoms with Gasteiger partial charge in [0.25, 0.3) is 0 Å². The molecule has 1 amide bonds. The topological polar surface area (TPSA) is 95.9 Å². The maximum atomic E-state index is 13.0. The molecule has 6 heteroatoms. The predicted molar refractivity (Wildman–Crippen MR) is 204 cm³/mol. The highest BCUT2D eigenvalue weighted by Crippen LogP contribution is 2.17. The van der Waals surface area contributed by atoms with E-state index in [0.717, 1.165) is 83.5 Å². The molecule has 6 nitrogen and oxygen atoms in total. The Kier molecular flexibility index (Phi) is 35.3. The van der Waals surface area contributed by atoms with E-state index in [1.807, 2.05) is 0 Å². The Morgan fingerprint density at radius 2 is 1.04 bits per heavy atom. The lowest BCUT2D eigenvalue weighted by Gasteiger charge is -2.24. The van der Waals surface area contributed by atoms with Gasteiger partial charge in [0.2, 0.25) is 5.91 Å². The van der Waals surface area contributed by atoms with Crippen LogP contribution in [0.5, 0.6) is 0 Å². The molecule has 0 radical (unpaired) electrons. The van der Waals surface area contributed by atoms with E-state index >= 15 is 0 Å². The molecule has 0 fully saturated rings. The fourth-order valence-electron chi connectivity index (χ4n) is 6.07. The Balaban J connectivity index is 4.63. The van der Waals surface area contributed by atoms with Crippen molar-refractivity contribution in [3.63, 3.8) is 0 Å². The van der Waals surface area contributed by atoms with Gasteiger partial charge < -0.3 is 20.3 Å². The van der Waals surface area contributed by atoms with E-state index < -0.39 is 18.2 Å². The van der Waals surface area contributed by atoms with Crippen LogP contribution in [0.1, 0.15) is 207 Å². The number of carbonyl (C=O) groups is 2. The Morgan fingerprint density at radius 1 is 0.583 bits per heavy atom. The van der Waals surface area contributed by atoms with E-state index in [-0.39, 0.29) is 24.9 Å². The molecular weight excluding hydrogens is 598 g/mol. The molecule has 0 saturated heterocycles. The number of unbranched alkanes of at least 4 members (excludes halogenated alkanes) is 20. The number of esters is 1. The molecule has 0 aromatic heterocycles. The van der Waals surface area contributed by atoms with E-state index in [1.54, 1.807) is 0 Å². The second-order valence-corrected chi connectivity index (χ2v) is 14.0. The normalized spacial score (nSPS) is 13.7. The van der Waals surface area contributed by atoms with E-state index in [9.17, 15) is 19.8 Å². The van der Waals surface area contributed by atoms with Crippen LogP contribution >= 0.6 is 0 Å². The molecular formula is C42H79NO5. The van der Waals surface area contributed by atoms with Crippen molar-refractivity contribution >= 4 is 11.9 Å². The smallest absolute Gasteiger partial charge is 0.306 e. The lowest BCUT2D eigenvalue weighted by atomic mass is 10.0. The van der Waals surface area contributed by atoms with Crippen LogP contribution in [-0.4, -0.2) is 46.9 Å². The minimum Gasteiger partial charge on any atom is -0.462 e. The lowest BCUT2D eigenvalue weighted by molar-refractivity contribution is -0.151. The molecule has 3 atom stereocenters. The fraction of sp³-hybridized carbons (Fsp3) is 0.857. The van der Waals surface area contributed by atoms with E-state index in [1.165, 1.54) is 77.0 Å². The van der Waals surface area contributed by atoms with E-state index in [2.05, 4.69) is 50.4 Å². The van der Waals surface area contributed by atoms with Crippen LogP contribution in [0.3, 0.4) is 0 Å². The second kappa shape index (κ2) is 36.6. The number of carbonyl (C=O) groups excluding carboxylic acids is 2. The highest BCUT2D eigenvalue weighted by Gasteiger charge is 2.24. The van der Waals surface area contributed by atoms with Gasteiger partial charge in [-0.3, -0.25) is 9.59 Å². The second-order valence-electron chi connectivity index (χ2n) is 14.0. The van der Waals surface area contributed by atoms with Crippen molar-refractivity contribution in [3.05, 3.63) is 24.3 Å². The van der Waals surface area contributed by atoms with Gasteiger partial charge in [0.05, 0.1) is 25.2 Å². The van der Waals surface area contributed by atoms with Crippen LogP contribution in [0.15, 0.2) is 24.3 Å². The minimum atomic E-state index is -0.785. The van der Waals surface area contributed by atoms with E-state index in [4.69, 9.17) is 4.74 Å². The highest BCUT2D eigenvalue weighted by atomic mass is 16.5. The molecule has 3 unspecified atom stereocenters. The Bertz CT molecular complexity index is 767. The van der Waals surface area contributed by atoms with Crippen LogP contribution in [-0.2, 0) is 14.3 Å². The summed E-state index contributed by atoms with van der Waals surface area (Å²) < 4.78 is 5.85. The number of amides is 1. The zero-order chi connectivity index (χ0) is 35.3. The van der Waals surface area contributed by atoms with Crippen molar-refractivity contribution in [3.8, 4) is 0 Å². The first-order valence-corrected chi connectivity index (χ1v) is 20.6. The minimum absolute atomic E-state index is 0.0653. The van der Waals surface area contributed by atoms with Crippen molar-refractivity contribution < 1.29 is 24.5 Å². The molecule has 0 rings (SSSR count). The lowest BCUT2D eigenvalue weighted by Crippen LogP contribution is -2.46. The van der Waals surface area contributed by atoms with Crippen molar-refractivity contribution in [2.75, 3.05) is 6.61 Å². The maximum absolute atomic E-state index is 13.0. The maximum Gasteiger partial charge on any atom is 0.306 e. The third kappa shape index (κ3) is 31.6. The summed E-state index contributed by atoms with van der Waals surface area (Å²) >= 11 is 0. The van der Waals surface area contributed by atoms with Gasteiger partial charge in [-0.2, -0.15) is 0 Å². The molecule has 0 spiro atoms. The summed E-state index contributed by atoms with van der Waals surface area (Å²) in [5, 5.41) is 23.5. The average Bonchev–Trinajstić information content (AvgIpc) is 3.07. The van der Waals surface area contributed by atoms with Crippen molar-refractivity contribution in [1.29, 1.82) is 0 Å². The van der Waals surface area contributed by atoms with Gasteiger partial charge in [-0.25, -0.2) is 0 Å². The molecule has 0 saturated carbocycles. The molecule has 3 N–H and O–H groups in total. The van der Waals surface area contributed by atoms with Crippen LogP contribution in [0.4, 0.5) is 0 Å². The summed E-state index contributed by atoms with van der Waals surface area (Å²) in [6, 6.07) is -0.700. The first-order valence-electron chi connectivity index (χ1n) is 20.6. The van der Waals surface area contributed by atoms with Crippen molar-refractivity contribution in [2.45, 2.75) is 225 Å². The first kappa shape index (κ1) is 46.3. The molecule has 282 valence electrons. The number of ether oxygens (including phenoxy) is 1. The van der Waals surface area contributed by atoms with E-state index in [0.29, 0.717) is 19.3 Å². The molecule has 0 heterocycles. The number of hydrogen-bond acceptors (Lipinski definition) is 5. The highest BCUT2D eigenvalue weighted by molar-refractivity contribution is 5.77. The van der Waals surface area contributed by atoms with Crippen LogP contribution < -0.4 is 5.32 Å². The predicted octanol–water partition coefficient (Wildman–Crippen LogP) is 11.2. The first-order chi connectivity index (χ1) is 23.5. The van der Waals surface area contributed by atoms with Gasteiger partial charge in [-0.05, 0) is 70.6 Å². The Labute approximate surface area is 297 Å². The zero-order valence-corrected chi connectivity index (χ0v) is 31.9. The van der Waals surface area contributed by atoms with Gasteiger partial charge in [-0.15, -0.1) is 0 Å². The molecule has 48 heavy (non-hydrogen) atoms. The number of aliphatic hydroxyl groups excluding tert-OH is 2. The summed E-state index contributed by atoms with van der Waals surface area (Å²) in [6.07, 6.45) is 38.1. The number of rotatable bonds is 36. The third-order valence-electron chi connectivity index (χ3n) is 9.23. The summed E-state index contributed by atoms with van der Waals surface area (Å²) in [5.41, 5.74) is 0. The van der Waals surface area contributed by atoms with Crippen molar-refractivity contribution in [2.24, 2.45) is 0 Å². The summed E-state index contributed by atoms with van der Waals surface area (Å²) in [5.74, 6) is -0.504. The Morgan fingerprint density at radius 3 is 1.62 bits per heavy atom. The standard InChI is InChI=1S/C42H79NO5/c1-4-7-10-13-16-19-22-24-27-30-33-38(48-42(47)35-32-29-26-23-20-17-14-11-8-5-2)36-41(46)43-39(37-44)40(45)34-31-28-25-21-18-15-12-9-6-3/h11,14,16,19,38-40,44-45H,4-10,12-13,15,17-18,20-37H2,1-3H3,(H,43,46)/b14-11-,19-16-. The molecule has 0 bridgehead atoms. The van der Waals surface area contributed by atoms with Crippen molar-refractivity contribution in [1.82, 2.24) is 5.32 Å². The molecule has 0 aliphatic heterocycles. The van der Waals surface area contributed by atoms with Crippen LogP contribution in [0.25, 0.3) is 0 Å². The SMILES string of the molecule is CCC/C=C\CCCCCCCC(=O)OC(CCCCC/C=C\CCCCC)CC(=O)NC(CO)C(O)CCCCCCCCCCC. The number of allylic oxidation sites excluding steroid dienone is 4. The summed E-state index contributed by atoms with van der Waals surface area (Å²) in [6.45, 7) is 6.34.